The summed E-state index contributed by atoms with van der Waals surface area (Å²) in [6.07, 6.45) is 0.472. The first-order valence-electron chi connectivity index (χ1n) is 14.3. The van der Waals surface area contributed by atoms with Gasteiger partial charge in [0.2, 0.25) is 0 Å². The van der Waals surface area contributed by atoms with Gasteiger partial charge < -0.3 is 13.7 Å². The second-order valence-corrected chi connectivity index (χ2v) is 10.7. The van der Waals surface area contributed by atoms with Crippen LogP contribution in [0, 0.1) is 39.0 Å². The summed E-state index contributed by atoms with van der Waals surface area (Å²) >= 11 is 0. The fourth-order valence-electron chi connectivity index (χ4n) is 4.50. The Balaban J connectivity index is 0.000000195. The van der Waals surface area contributed by atoms with Crippen molar-refractivity contribution in [2.45, 2.75) is 46.2 Å². The summed E-state index contributed by atoms with van der Waals surface area (Å²) in [4.78, 5) is 12.2. The second-order valence-electron chi connectivity index (χ2n) is 10.7. The molecule has 48 heavy (non-hydrogen) atoms. The van der Waals surface area contributed by atoms with Crippen LogP contribution in [0.25, 0.3) is 33.8 Å². The first-order valence-corrected chi connectivity index (χ1v) is 14.3. The van der Waals surface area contributed by atoms with E-state index in [2.05, 4.69) is 46.1 Å². The molecule has 252 valence electrons. The van der Waals surface area contributed by atoms with Crippen molar-refractivity contribution in [3.8, 4) is 33.8 Å². The van der Waals surface area contributed by atoms with Crippen molar-refractivity contribution >= 4 is 0 Å². The van der Waals surface area contributed by atoms with E-state index in [1.165, 1.54) is 30.6 Å². The van der Waals surface area contributed by atoms with Crippen LogP contribution in [-0.4, -0.2) is 41.0 Å². The van der Waals surface area contributed by atoms with Crippen LogP contribution in [0.5, 0.6) is 0 Å². The van der Waals surface area contributed by atoms with Crippen molar-refractivity contribution in [2.24, 2.45) is 7.05 Å². The van der Waals surface area contributed by atoms with Crippen LogP contribution in [0.3, 0.4) is 0 Å². The zero-order valence-corrected chi connectivity index (χ0v) is 28.8. The third kappa shape index (κ3) is 11.3. The predicted octanol–water partition coefficient (Wildman–Crippen LogP) is 8.64. The molecule has 0 aliphatic rings. The smallest absolute Gasteiger partial charge is 0.350 e. The zero-order valence-electron chi connectivity index (χ0n) is 26.4. The first kappa shape index (κ1) is 38.0. The fraction of sp³-hybridized carbons (Fsp3) is 0.229. The molecule has 3 aromatic carbocycles. The Morgan fingerprint density at radius 1 is 0.562 bits per heavy atom. The van der Waals surface area contributed by atoms with Gasteiger partial charge in [-0.3, -0.25) is 15.0 Å². The second kappa shape index (κ2) is 16.6. The summed E-state index contributed by atoms with van der Waals surface area (Å²) in [5.74, 6) is 0. The van der Waals surface area contributed by atoms with E-state index in [1.807, 2.05) is 68.1 Å². The fourth-order valence-corrected chi connectivity index (χ4v) is 4.50. The van der Waals surface area contributed by atoms with Gasteiger partial charge in [-0.1, -0.05) is 20.8 Å². The van der Waals surface area contributed by atoms with Crippen molar-refractivity contribution in [2.75, 3.05) is 0 Å². The minimum absolute atomic E-state index is 0. The summed E-state index contributed by atoms with van der Waals surface area (Å²) < 4.78 is 77.0. The van der Waals surface area contributed by atoms with Crippen LogP contribution in [-0.2, 0) is 40.2 Å². The number of nitrogens with zero attached hydrogens (tertiary/aromatic N) is 6. The third-order valence-corrected chi connectivity index (χ3v) is 6.66. The Morgan fingerprint density at radius 3 is 1.19 bits per heavy atom. The number of imidazole rings is 3. The summed E-state index contributed by atoms with van der Waals surface area (Å²) in [6, 6.07) is 25.9. The summed E-state index contributed by atoms with van der Waals surface area (Å²) in [6.45, 7) is 3.77. The molecule has 0 unspecified atom stereocenters. The molecule has 3 aromatic heterocycles. The Morgan fingerprint density at radius 2 is 0.896 bits per heavy atom. The van der Waals surface area contributed by atoms with Gasteiger partial charge in [-0.25, -0.2) is 0 Å². The van der Waals surface area contributed by atoms with Gasteiger partial charge in [-0.15, -0.1) is 106 Å². The van der Waals surface area contributed by atoms with Gasteiger partial charge in [0.05, 0.1) is 19.0 Å². The SMILES string of the molecule is Cc1ccc[c-]c1-c1cn(C)cn1.Cc1ccc[c-]c1-c1cn(CC(F)(F)F)cn1.Cc1ccc[c-]c1-c1cn(CC(F)(F)F)cn1.[Ir+3]. The van der Waals surface area contributed by atoms with Gasteiger partial charge in [0, 0.05) is 24.1 Å². The topological polar surface area (TPSA) is 53.5 Å². The third-order valence-electron chi connectivity index (χ3n) is 6.66. The molecule has 6 aromatic rings. The molecule has 0 amide bonds. The Labute approximate surface area is 288 Å². The van der Waals surface area contributed by atoms with Gasteiger partial charge in [0.25, 0.3) is 0 Å². The maximum absolute atomic E-state index is 12.2. The van der Waals surface area contributed by atoms with Crippen LogP contribution in [0.15, 0.2) is 92.2 Å². The molecule has 0 aliphatic heterocycles. The number of benzene rings is 3. The van der Waals surface area contributed by atoms with Crippen molar-refractivity contribution in [3.05, 3.63) is 127 Å². The minimum atomic E-state index is -4.23. The van der Waals surface area contributed by atoms with Gasteiger partial charge in [0.1, 0.15) is 13.1 Å². The molecule has 6 rings (SSSR count). The van der Waals surface area contributed by atoms with Crippen LogP contribution in [0.1, 0.15) is 16.7 Å². The average Bonchev–Trinajstić information content (AvgIpc) is 3.75. The van der Waals surface area contributed by atoms with Gasteiger partial charge >= 0.3 is 32.5 Å². The van der Waals surface area contributed by atoms with E-state index in [9.17, 15) is 26.3 Å². The number of aromatic nitrogens is 6. The Kier molecular flexibility index (Phi) is 13.1. The Bertz CT molecular complexity index is 1790. The maximum Gasteiger partial charge on any atom is 3.00 e. The standard InChI is InChI=1S/2C12H10F3N2.C11H11N2.Ir/c2*1-9-4-2-3-5-10(9)11-6-17(8-16-11)7-12(13,14)15;1-9-5-3-4-6-10(9)11-7-13(2)8-12-11;/h2*2-4,6,8H,7H2,1H3;3-5,7-8H,1-2H3;/q3*-1;+3. The molecule has 0 bridgehead atoms. The van der Waals surface area contributed by atoms with Crippen LogP contribution >= 0.6 is 0 Å². The monoisotopic (exact) mass is 842 g/mol. The van der Waals surface area contributed by atoms with Crippen molar-refractivity contribution in [1.82, 2.24) is 28.7 Å². The van der Waals surface area contributed by atoms with E-state index in [0.29, 0.717) is 11.4 Å². The van der Waals surface area contributed by atoms with Gasteiger partial charge in [-0.05, 0) is 18.6 Å². The van der Waals surface area contributed by atoms with Crippen molar-refractivity contribution < 1.29 is 46.4 Å². The molecule has 0 spiro atoms. The molecule has 6 nitrogen and oxygen atoms in total. The first-order chi connectivity index (χ1) is 22.2. The van der Waals surface area contributed by atoms with E-state index in [-0.39, 0.29) is 20.1 Å². The number of hydrogen-bond acceptors (Lipinski definition) is 3. The van der Waals surface area contributed by atoms with E-state index >= 15 is 0 Å². The molecule has 0 aliphatic carbocycles. The average molecular weight is 842 g/mol. The molecule has 0 radical (unpaired) electrons. The van der Waals surface area contributed by atoms with Gasteiger partial charge in [-0.2, -0.15) is 26.3 Å². The van der Waals surface area contributed by atoms with E-state index in [1.54, 1.807) is 18.5 Å². The normalized spacial score (nSPS) is 11.1. The number of alkyl halides is 6. The minimum Gasteiger partial charge on any atom is -0.350 e. The number of aryl methyl sites for hydroxylation is 4. The summed E-state index contributed by atoms with van der Waals surface area (Å²) in [7, 11) is 1.97. The number of rotatable bonds is 5. The summed E-state index contributed by atoms with van der Waals surface area (Å²) in [5.41, 5.74) is 7.63. The molecular weight excluding hydrogens is 811 g/mol. The van der Waals surface area contributed by atoms with E-state index < -0.39 is 25.4 Å². The van der Waals surface area contributed by atoms with Crippen molar-refractivity contribution in [3.63, 3.8) is 0 Å². The molecule has 0 atom stereocenters. The largest absolute Gasteiger partial charge is 3.00 e. The van der Waals surface area contributed by atoms with E-state index in [4.69, 9.17) is 0 Å². The van der Waals surface area contributed by atoms with Crippen LogP contribution in [0.4, 0.5) is 26.3 Å². The summed E-state index contributed by atoms with van der Waals surface area (Å²) in [5, 5.41) is 0. The zero-order chi connectivity index (χ0) is 34.2. The van der Waals surface area contributed by atoms with Crippen LogP contribution in [0.2, 0.25) is 0 Å². The molecule has 0 N–H and O–H groups in total. The van der Waals surface area contributed by atoms with E-state index in [0.717, 1.165) is 42.6 Å². The maximum atomic E-state index is 12.2. The van der Waals surface area contributed by atoms with Gasteiger partial charge in [0.15, 0.2) is 0 Å². The molecule has 0 fully saturated rings. The Hall–Kier alpha value is -4.48. The molecule has 0 saturated carbocycles. The van der Waals surface area contributed by atoms with Crippen LogP contribution < -0.4 is 0 Å². The number of halogens is 6. The molecule has 0 saturated heterocycles. The predicted molar refractivity (Wildman–Crippen MR) is 167 cm³/mol. The number of hydrogen-bond donors (Lipinski definition) is 0. The molecular formula is C35H31F6IrN6. The molecule has 3 heterocycles. The quantitative estimate of drug-likeness (QED) is 0.129. The van der Waals surface area contributed by atoms with Crippen molar-refractivity contribution in [1.29, 1.82) is 0 Å². The molecule has 13 heteroatoms.